The van der Waals surface area contributed by atoms with Crippen LogP contribution in [0.5, 0.6) is 11.5 Å². The highest BCUT2D eigenvalue weighted by molar-refractivity contribution is 5.90. The number of ether oxygens (including phenoxy) is 3. The van der Waals surface area contributed by atoms with E-state index < -0.39 is 11.9 Å². The molecule has 2 fully saturated rings. The number of hydrogen-bond acceptors (Lipinski definition) is 5. The zero-order chi connectivity index (χ0) is 34.0. The lowest BCUT2D eigenvalue weighted by Crippen LogP contribution is -2.25. The van der Waals surface area contributed by atoms with Crippen molar-refractivity contribution in [1.29, 1.82) is 0 Å². The third-order valence-electron chi connectivity index (χ3n) is 10.5. The SMILES string of the molecule is C=C(C)C(=O)Oc1ccc(-c2ccc(-c3ccc(OC(=O)C(=C)COC)cc3)cc2)c(C2CCC(C3CCC(CCCC)CC3)CC2)c1. The van der Waals surface area contributed by atoms with E-state index in [2.05, 4.69) is 56.5 Å². The minimum atomic E-state index is -0.497. The summed E-state index contributed by atoms with van der Waals surface area (Å²) in [7, 11) is 1.52. The fourth-order valence-corrected chi connectivity index (χ4v) is 7.71. The molecule has 5 nitrogen and oxygen atoms in total. The Bertz CT molecular complexity index is 1550. The Hall–Kier alpha value is -3.96. The predicted octanol–water partition coefficient (Wildman–Crippen LogP) is 10.9. The maximum absolute atomic E-state index is 12.4. The molecule has 5 rings (SSSR count). The van der Waals surface area contributed by atoms with E-state index in [0.717, 1.165) is 34.4 Å². The molecule has 0 aromatic heterocycles. The third-order valence-corrected chi connectivity index (χ3v) is 10.5. The summed E-state index contributed by atoms with van der Waals surface area (Å²) in [6.07, 6.45) is 14.6. The first kappa shape index (κ1) is 35.3. The van der Waals surface area contributed by atoms with Gasteiger partial charge in [0.2, 0.25) is 0 Å². The van der Waals surface area contributed by atoms with Crippen molar-refractivity contribution >= 4 is 11.9 Å². The van der Waals surface area contributed by atoms with Crippen molar-refractivity contribution in [2.75, 3.05) is 13.7 Å². The molecule has 0 aliphatic heterocycles. The first-order valence-corrected chi connectivity index (χ1v) is 17.9. The molecule has 0 heterocycles. The molecular weight excluding hydrogens is 596 g/mol. The Morgan fingerprint density at radius 1 is 0.708 bits per heavy atom. The summed E-state index contributed by atoms with van der Waals surface area (Å²) in [5.74, 6) is 3.25. The number of methoxy groups -OCH3 is 1. The van der Waals surface area contributed by atoms with Gasteiger partial charge in [0, 0.05) is 12.7 Å². The molecule has 2 saturated carbocycles. The summed E-state index contributed by atoms with van der Waals surface area (Å²) < 4.78 is 16.1. The summed E-state index contributed by atoms with van der Waals surface area (Å²) >= 11 is 0. The fourth-order valence-electron chi connectivity index (χ4n) is 7.71. The van der Waals surface area contributed by atoms with Crippen LogP contribution in [0.1, 0.15) is 96.0 Å². The van der Waals surface area contributed by atoms with Crippen LogP contribution in [0.3, 0.4) is 0 Å². The van der Waals surface area contributed by atoms with Crippen LogP contribution in [0.25, 0.3) is 22.3 Å². The van der Waals surface area contributed by atoms with Crippen LogP contribution in [0.15, 0.2) is 91.0 Å². The summed E-state index contributed by atoms with van der Waals surface area (Å²) in [4.78, 5) is 24.6. The second-order valence-electron chi connectivity index (χ2n) is 14.0. The van der Waals surface area contributed by atoms with Gasteiger partial charge in [0.05, 0.1) is 12.2 Å². The highest BCUT2D eigenvalue weighted by Gasteiger charge is 2.32. The van der Waals surface area contributed by atoms with Gasteiger partial charge in [0.25, 0.3) is 0 Å². The number of rotatable bonds is 13. The van der Waals surface area contributed by atoms with Crippen molar-refractivity contribution in [2.45, 2.75) is 90.4 Å². The largest absolute Gasteiger partial charge is 0.423 e. The van der Waals surface area contributed by atoms with Gasteiger partial charge in [0.15, 0.2) is 0 Å². The van der Waals surface area contributed by atoms with E-state index in [1.54, 1.807) is 19.1 Å². The normalized spacial score (nSPS) is 20.9. The Kier molecular flexibility index (Phi) is 12.5. The third kappa shape index (κ3) is 9.14. The average Bonchev–Trinajstić information content (AvgIpc) is 3.11. The summed E-state index contributed by atoms with van der Waals surface area (Å²) in [5.41, 5.74) is 6.35. The Morgan fingerprint density at radius 2 is 1.25 bits per heavy atom. The van der Waals surface area contributed by atoms with E-state index in [1.165, 1.54) is 88.9 Å². The predicted molar refractivity (Wildman–Crippen MR) is 194 cm³/mol. The van der Waals surface area contributed by atoms with Crippen LogP contribution in [-0.4, -0.2) is 25.7 Å². The van der Waals surface area contributed by atoms with Gasteiger partial charge in [-0.1, -0.05) is 94.7 Å². The number of hydrogen-bond donors (Lipinski definition) is 0. The van der Waals surface area contributed by atoms with Crippen molar-refractivity contribution in [3.05, 3.63) is 96.6 Å². The Labute approximate surface area is 287 Å². The topological polar surface area (TPSA) is 61.8 Å². The highest BCUT2D eigenvalue weighted by atomic mass is 16.5. The van der Waals surface area contributed by atoms with E-state index in [-0.39, 0.29) is 12.2 Å². The first-order valence-electron chi connectivity index (χ1n) is 17.9. The number of unbranched alkanes of at least 4 members (excludes halogenated alkanes) is 1. The molecule has 0 N–H and O–H groups in total. The molecule has 0 saturated heterocycles. The minimum Gasteiger partial charge on any atom is -0.423 e. The molecule has 0 radical (unpaired) electrons. The number of benzene rings is 3. The summed E-state index contributed by atoms with van der Waals surface area (Å²) in [5, 5.41) is 0. The smallest absolute Gasteiger partial charge is 0.341 e. The molecule has 0 bridgehead atoms. The van der Waals surface area contributed by atoms with Gasteiger partial charge < -0.3 is 14.2 Å². The van der Waals surface area contributed by atoms with Crippen molar-refractivity contribution in [3.63, 3.8) is 0 Å². The zero-order valence-electron chi connectivity index (χ0n) is 29.1. The molecular formula is C43H52O5. The van der Waals surface area contributed by atoms with E-state index >= 15 is 0 Å². The summed E-state index contributed by atoms with van der Waals surface area (Å²) in [6.45, 7) is 11.6. The van der Waals surface area contributed by atoms with E-state index in [9.17, 15) is 9.59 Å². The maximum Gasteiger partial charge on any atom is 0.341 e. The van der Waals surface area contributed by atoms with Crippen LogP contribution in [-0.2, 0) is 14.3 Å². The van der Waals surface area contributed by atoms with Gasteiger partial charge in [-0.05, 0) is 121 Å². The second kappa shape index (κ2) is 16.9. The fraction of sp³-hybridized carbons (Fsp3) is 0.442. The Morgan fingerprint density at radius 3 is 1.83 bits per heavy atom. The van der Waals surface area contributed by atoms with Crippen molar-refractivity contribution < 1.29 is 23.8 Å². The van der Waals surface area contributed by atoms with Gasteiger partial charge in [-0.2, -0.15) is 0 Å². The standard InChI is InChI=1S/C43H52O5/c1-6-7-8-31-9-11-32(12-10-31)33-15-19-37(20-16-33)41-27-39(48-42(44)29(2)3)25-26-40(41)36-17-13-34(14-18-36)35-21-23-38(24-22-35)47-43(45)30(4)28-46-5/h13-14,17-18,21-27,31-33,37H,2,4,6-12,15-16,19-20,28H2,1,3,5H3. The van der Waals surface area contributed by atoms with E-state index in [0.29, 0.717) is 23.0 Å². The van der Waals surface area contributed by atoms with Crippen LogP contribution < -0.4 is 9.47 Å². The van der Waals surface area contributed by atoms with Crippen LogP contribution in [0.2, 0.25) is 0 Å². The molecule has 48 heavy (non-hydrogen) atoms. The number of carbonyl (C=O) groups is 2. The van der Waals surface area contributed by atoms with Gasteiger partial charge >= 0.3 is 11.9 Å². The first-order chi connectivity index (χ1) is 23.2. The lowest BCUT2D eigenvalue weighted by molar-refractivity contribution is -0.131. The van der Waals surface area contributed by atoms with Gasteiger partial charge in [-0.15, -0.1) is 0 Å². The van der Waals surface area contributed by atoms with Crippen molar-refractivity contribution in [2.24, 2.45) is 17.8 Å². The van der Waals surface area contributed by atoms with Crippen LogP contribution in [0, 0.1) is 17.8 Å². The molecule has 0 unspecified atom stereocenters. The van der Waals surface area contributed by atoms with Gasteiger partial charge in [0.1, 0.15) is 11.5 Å². The molecule has 0 amide bonds. The quantitative estimate of drug-likeness (QED) is 0.105. The summed E-state index contributed by atoms with van der Waals surface area (Å²) in [6, 6.07) is 22.2. The van der Waals surface area contributed by atoms with Crippen molar-refractivity contribution in [1.82, 2.24) is 0 Å². The van der Waals surface area contributed by atoms with Gasteiger partial charge in [-0.3, -0.25) is 0 Å². The molecule has 0 atom stereocenters. The minimum absolute atomic E-state index is 0.134. The average molecular weight is 649 g/mol. The number of esters is 2. The maximum atomic E-state index is 12.4. The molecule has 0 spiro atoms. The second-order valence-corrected chi connectivity index (χ2v) is 14.0. The van der Waals surface area contributed by atoms with Crippen molar-refractivity contribution in [3.8, 4) is 33.8 Å². The van der Waals surface area contributed by atoms with Crippen LogP contribution >= 0.6 is 0 Å². The molecule has 2 aliphatic rings. The highest BCUT2D eigenvalue weighted by Crippen LogP contribution is 2.47. The zero-order valence-corrected chi connectivity index (χ0v) is 29.1. The molecule has 254 valence electrons. The lowest BCUT2D eigenvalue weighted by Gasteiger charge is -2.38. The van der Waals surface area contributed by atoms with Gasteiger partial charge in [-0.25, -0.2) is 9.59 Å². The molecule has 3 aromatic rings. The van der Waals surface area contributed by atoms with Crippen LogP contribution in [0.4, 0.5) is 0 Å². The van der Waals surface area contributed by atoms with E-state index in [1.807, 2.05) is 18.2 Å². The number of carbonyl (C=O) groups excluding carboxylic acids is 2. The Balaban J connectivity index is 1.29. The lowest BCUT2D eigenvalue weighted by atomic mass is 9.67. The molecule has 5 heteroatoms. The molecule has 2 aliphatic carbocycles. The molecule has 3 aromatic carbocycles. The monoisotopic (exact) mass is 648 g/mol. The van der Waals surface area contributed by atoms with E-state index in [4.69, 9.17) is 14.2 Å².